The Kier molecular flexibility index (Phi) is 5.71. The summed E-state index contributed by atoms with van der Waals surface area (Å²) in [6, 6.07) is -0.438. The highest BCUT2D eigenvalue weighted by molar-refractivity contribution is 7.89. The van der Waals surface area contributed by atoms with Crippen molar-refractivity contribution in [3.63, 3.8) is 0 Å². The van der Waals surface area contributed by atoms with Crippen LogP contribution < -0.4 is 10.0 Å². The molecular formula is C8H16N2O2S. The van der Waals surface area contributed by atoms with E-state index >= 15 is 0 Å². The molecule has 0 aliphatic carbocycles. The maximum absolute atomic E-state index is 11.2. The van der Waals surface area contributed by atoms with Gasteiger partial charge in [0.2, 0.25) is 10.0 Å². The summed E-state index contributed by atoms with van der Waals surface area (Å²) in [7, 11) is -3.22. The maximum atomic E-state index is 11.2. The van der Waals surface area contributed by atoms with Crippen molar-refractivity contribution in [1.82, 2.24) is 10.0 Å². The molecule has 1 atom stereocenters. The molecule has 0 rings (SSSR count). The Morgan fingerprint density at radius 3 is 2.62 bits per heavy atom. The minimum Gasteiger partial charge on any atom is -0.316 e. The fraction of sp³-hybridized carbons (Fsp3) is 0.750. The van der Waals surface area contributed by atoms with E-state index in [0.717, 1.165) is 6.54 Å². The predicted octanol–water partition coefficient (Wildman–Crippen LogP) is -0.463. The Bertz CT molecular complexity index is 266. The smallest absolute Gasteiger partial charge is 0.213 e. The molecule has 4 nitrogen and oxygen atoms in total. The maximum Gasteiger partial charge on any atom is 0.213 e. The summed E-state index contributed by atoms with van der Waals surface area (Å²) in [4.78, 5) is 0. The Balaban J connectivity index is 3.89. The van der Waals surface area contributed by atoms with Gasteiger partial charge in [-0.2, -0.15) is 0 Å². The minimum absolute atomic E-state index is 0.0624. The zero-order valence-corrected chi connectivity index (χ0v) is 8.82. The first-order valence-electron chi connectivity index (χ1n) is 4.18. The van der Waals surface area contributed by atoms with Crippen molar-refractivity contribution in [2.45, 2.75) is 19.9 Å². The van der Waals surface area contributed by atoms with Crippen molar-refractivity contribution in [2.24, 2.45) is 0 Å². The number of hydrogen-bond donors (Lipinski definition) is 2. The van der Waals surface area contributed by atoms with Gasteiger partial charge in [-0.3, -0.25) is 0 Å². The van der Waals surface area contributed by atoms with Crippen LogP contribution in [0.2, 0.25) is 0 Å². The average molecular weight is 204 g/mol. The van der Waals surface area contributed by atoms with Crippen LogP contribution in [-0.4, -0.2) is 33.3 Å². The summed E-state index contributed by atoms with van der Waals surface area (Å²) in [6.45, 7) is 4.76. The Hall–Kier alpha value is -0.570. The van der Waals surface area contributed by atoms with Crippen molar-refractivity contribution >= 4 is 10.0 Å². The second-order valence-electron chi connectivity index (χ2n) is 2.68. The molecule has 2 N–H and O–H groups in total. The van der Waals surface area contributed by atoms with Crippen LogP contribution in [0.25, 0.3) is 0 Å². The molecule has 0 saturated carbocycles. The molecule has 0 aliphatic heterocycles. The quantitative estimate of drug-likeness (QED) is 0.454. The highest BCUT2D eigenvalue weighted by Gasteiger charge is 2.11. The zero-order chi connectivity index (χ0) is 10.3. The van der Waals surface area contributed by atoms with E-state index in [0.29, 0.717) is 6.54 Å². The number of terminal acetylenes is 1. The highest BCUT2D eigenvalue weighted by atomic mass is 32.2. The van der Waals surface area contributed by atoms with Gasteiger partial charge in [-0.25, -0.2) is 13.1 Å². The summed E-state index contributed by atoms with van der Waals surface area (Å²) in [6.07, 6.45) is 5.04. The van der Waals surface area contributed by atoms with Gasteiger partial charge < -0.3 is 5.32 Å². The molecule has 0 amide bonds. The number of sulfonamides is 1. The highest BCUT2D eigenvalue weighted by Crippen LogP contribution is 1.87. The minimum atomic E-state index is -3.22. The Labute approximate surface area is 80.2 Å². The van der Waals surface area contributed by atoms with E-state index in [1.165, 1.54) is 0 Å². The first kappa shape index (κ1) is 12.4. The fourth-order valence-corrected chi connectivity index (χ4v) is 1.88. The zero-order valence-electron chi connectivity index (χ0n) is 8.00. The van der Waals surface area contributed by atoms with E-state index < -0.39 is 16.1 Å². The molecule has 0 aliphatic rings. The molecule has 0 bridgehead atoms. The molecule has 5 heteroatoms. The second-order valence-corrected chi connectivity index (χ2v) is 4.55. The van der Waals surface area contributed by atoms with Crippen molar-refractivity contribution < 1.29 is 8.42 Å². The van der Waals surface area contributed by atoms with E-state index in [-0.39, 0.29) is 5.75 Å². The van der Waals surface area contributed by atoms with Gasteiger partial charge in [0.15, 0.2) is 0 Å². The van der Waals surface area contributed by atoms with E-state index in [4.69, 9.17) is 6.42 Å². The van der Waals surface area contributed by atoms with Crippen molar-refractivity contribution in [3.05, 3.63) is 0 Å². The summed E-state index contributed by atoms with van der Waals surface area (Å²) >= 11 is 0. The van der Waals surface area contributed by atoms with Crippen LogP contribution in [0, 0.1) is 12.3 Å². The lowest BCUT2D eigenvalue weighted by Crippen LogP contribution is -2.36. The van der Waals surface area contributed by atoms with Crippen LogP contribution in [0.1, 0.15) is 13.8 Å². The van der Waals surface area contributed by atoms with Gasteiger partial charge in [-0.05, 0) is 13.5 Å². The lowest BCUT2D eigenvalue weighted by molar-refractivity contribution is 0.574. The summed E-state index contributed by atoms with van der Waals surface area (Å²) in [5.74, 6) is 2.36. The van der Waals surface area contributed by atoms with Gasteiger partial charge in [-0.1, -0.05) is 12.8 Å². The van der Waals surface area contributed by atoms with Gasteiger partial charge in [0.05, 0.1) is 11.8 Å². The second kappa shape index (κ2) is 5.97. The van der Waals surface area contributed by atoms with Gasteiger partial charge in [0.1, 0.15) is 0 Å². The van der Waals surface area contributed by atoms with Crippen molar-refractivity contribution in [1.29, 1.82) is 0 Å². The monoisotopic (exact) mass is 204 g/mol. The number of hydrogen-bond acceptors (Lipinski definition) is 3. The standard InChI is InChI=1S/C8H16N2O2S/c1-4-8(3)10-13(11,12)7-6-9-5-2/h1,8-10H,5-7H2,2-3H3. The summed E-state index contributed by atoms with van der Waals surface area (Å²) in [5, 5.41) is 2.92. The molecule has 0 aromatic carbocycles. The van der Waals surface area contributed by atoms with Crippen LogP contribution in [0.5, 0.6) is 0 Å². The topological polar surface area (TPSA) is 58.2 Å². The lowest BCUT2D eigenvalue weighted by Gasteiger charge is -2.08. The molecule has 0 aromatic rings. The molecule has 0 spiro atoms. The molecule has 0 radical (unpaired) electrons. The summed E-state index contributed by atoms with van der Waals surface area (Å²) in [5.41, 5.74) is 0. The normalized spacial score (nSPS) is 13.6. The summed E-state index contributed by atoms with van der Waals surface area (Å²) < 4.78 is 24.8. The van der Waals surface area contributed by atoms with Crippen LogP contribution in [0.4, 0.5) is 0 Å². The van der Waals surface area contributed by atoms with Gasteiger partial charge in [0.25, 0.3) is 0 Å². The van der Waals surface area contributed by atoms with Crippen LogP contribution in [0.3, 0.4) is 0 Å². The van der Waals surface area contributed by atoms with E-state index in [9.17, 15) is 8.42 Å². The Morgan fingerprint density at radius 2 is 2.15 bits per heavy atom. The SMILES string of the molecule is C#CC(C)NS(=O)(=O)CCNCC. The lowest BCUT2D eigenvalue weighted by atomic mass is 10.4. The van der Waals surface area contributed by atoms with Gasteiger partial charge >= 0.3 is 0 Å². The first-order chi connectivity index (χ1) is 6.02. The largest absolute Gasteiger partial charge is 0.316 e. The number of nitrogens with one attached hydrogen (secondary N) is 2. The molecule has 0 heterocycles. The average Bonchev–Trinajstić information content (AvgIpc) is 2.03. The molecule has 0 saturated heterocycles. The molecule has 76 valence electrons. The van der Waals surface area contributed by atoms with Crippen LogP contribution in [-0.2, 0) is 10.0 Å². The van der Waals surface area contributed by atoms with Gasteiger partial charge in [0, 0.05) is 6.54 Å². The predicted molar refractivity (Wildman–Crippen MR) is 53.8 cm³/mol. The van der Waals surface area contributed by atoms with Crippen LogP contribution >= 0.6 is 0 Å². The van der Waals surface area contributed by atoms with E-state index in [1.807, 2.05) is 6.92 Å². The third-order valence-electron chi connectivity index (χ3n) is 1.40. The molecule has 0 fully saturated rings. The molecular weight excluding hydrogens is 188 g/mol. The van der Waals surface area contributed by atoms with Crippen molar-refractivity contribution in [3.8, 4) is 12.3 Å². The first-order valence-corrected chi connectivity index (χ1v) is 5.84. The van der Waals surface area contributed by atoms with Gasteiger partial charge in [-0.15, -0.1) is 6.42 Å². The third-order valence-corrected chi connectivity index (χ3v) is 2.86. The molecule has 0 aromatic heterocycles. The van der Waals surface area contributed by atoms with E-state index in [2.05, 4.69) is 16.0 Å². The molecule has 1 unspecified atom stereocenters. The molecule has 13 heavy (non-hydrogen) atoms. The Morgan fingerprint density at radius 1 is 1.54 bits per heavy atom. The number of rotatable bonds is 6. The van der Waals surface area contributed by atoms with E-state index in [1.54, 1.807) is 6.92 Å². The van der Waals surface area contributed by atoms with Crippen molar-refractivity contribution in [2.75, 3.05) is 18.8 Å². The fourth-order valence-electron chi connectivity index (χ4n) is 0.746. The van der Waals surface area contributed by atoms with Crippen LogP contribution in [0.15, 0.2) is 0 Å². The third kappa shape index (κ3) is 6.58.